The lowest BCUT2D eigenvalue weighted by atomic mass is 10.1. The van der Waals surface area contributed by atoms with Gasteiger partial charge in [-0.25, -0.2) is 9.31 Å². The molecule has 214 valence electrons. The molecule has 2 aromatic heterocycles. The van der Waals surface area contributed by atoms with Crippen molar-refractivity contribution >= 4 is 34.7 Å². The minimum atomic E-state index is -0.353. The van der Waals surface area contributed by atoms with E-state index in [0.717, 1.165) is 29.2 Å². The maximum Gasteiger partial charge on any atom is 0.323 e. The van der Waals surface area contributed by atoms with Crippen molar-refractivity contribution in [2.75, 3.05) is 49.3 Å². The molecular formula is C32H33N7O3. The molecule has 0 atom stereocenters. The molecule has 2 amide bonds. The van der Waals surface area contributed by atoms with Crippen LogP contribution in [0.1, 0.15) is 12.8 Å². The van der Waals surface area contributed by atoms with Crippen LogP contribution in [0.5, 0.6) is 11.5 Å². The first kappa shape index (κ1) is 27.1. The summed E-state index contributed by atoms with van der Waals surface area (Å²) in [5.74, 6) is 1.99. The van der Waals surface area contributed by atoms with Crippen LogP contribution in [0.25, 0.3) is 16.9 Å². The van der Waals surface area contributed by atoms with Gasteiger partial charge >= 0.3 is 6.03 Å². The standard InChI is InChI=1S/C32H33N7O3/c1-41-28-10-5-9-26(22-28)35-32(40)34-25-8-4-7-23(21-25)29-11-6-12-30-36-31(37-39(29)30)33-24-13-15-27(16-14-24)42-20-19-38-17-2-3-18-38/h4-16,21-22H,2-3,17-20H2,1H3,(H,33,37)(H2,34,35,40). The van der Waals surface area contributed by atoms with Crippen LogP contribution in [0.4, 0.5) is 27.8 Å². The van der Waals surface area contributed by atoms with Gasteiger partial charge < -0.3 is 25.4 Å². The monoisotopic (exact) mass is 563 g/mol. The van der Waals surface area contributed by atoms with Gasteiger partial charge in [0, 0.05) is 35.2 Å². The predicted octanol–water partition coefficient (Wildman–Crippen LogP) is 6.27. The molecule has 1 aliphatic heterocycles. The lowest BCUT2D eigenvalue weighted by molar-refractivity contribution is 0.238. The van der Waals surface area contributed by atoms with Gasteiger partial charge in [0.2, 0.25) is 5.95 Å². The van der Waals surface area contributed by atoms with Crippen LogP contribution in [-0.4, -0.2) is 58.9 Å². The molecule has 10 heteroatoms. The number of urea groups is 1. The fourth-order valence-electron chi connectivity index (χ4n) is 4.99. The number of aromatic nitrogens is 3. The first-order valence-corrected chi connectivity index (χ1v) is 14.0. The van der Waals surface area contributed by atoms with Crippen molar-refractivity contribution in [1.82, 2.24) is 19.5 Å². The Morgan fingerprint density at radius 3 is 2.36 bits per heavy atom. The molecule has 10 nitrogen and oxygen atoms in total. The molecule has 1 fully saturated rings. The number of amides is 2. The molecule has 0 radical (unpaired) electrons. The first-order valence-electron chi connectivity index (χ1n) is 14.0. The summed E-state index contributed by atoms with van der Waals surface area (Å²) in [6.45, 7) is 3.99. The van der Waals surface area contributed by atoms with Gasteiger partial charge in [0.15, 0.2) is 5.65 Å². The van der Waals surface area contributed by atoms with Crippen LogP contribution < -0.4 is 25.4 Å². The Morgan fingerprint density at radius 1 is 0.833 bits per heavy atom. The van der Waals surface area contributed by atoms with Gasteiger partial charge in [0.05, 0.1) is 12.8 Å². The number of likely N-dealkylation sites (tertiary alicyclic amines) is 1. The third-order valence-corrected chi connectivity index (χ3v) is 7.09. The molecule has 0 saturated carbocycles. The van der Waals surface area contributed by atoms with Crippen molar-refractivity contribution < 1.29 is 14.3 Å². The minimum Gasteiger partial charge on any atom is -0.497 e. The number of rotatable bonds is 10. The first-order chi connectivity index (χ1) is 20.6. The summed E-state index contributed by atoms with van der Waals surface area (Å²) in [7, 11) is 1.59. The highest BCUT2D eigenvalue weighted by molar-refractivity contribution is 6.00. The van der Waals surface area contributed by atoms with E-state index >= 15 is 0 Å². The molecule has 3 aromatic carbocycles. The van der Waals surface area contributed by atoms with Crippen LogP contribution in [0, 0.1) is 0 Å². The third kappa shape index (κ3) is 6.61. The number of methoxy groups -OCH3 is 1. The average molecular weight is 564 g/mol. The van der Waals surface area contributed by atoms with Crippen molar-refractivity contribution in [2.24, 2.45) is 0 Å². The SMILES string of the molecule is COc1cccc(NC(=O)Nc2cccc(-c3cccc4nc(Nc5ccc(OCCN6CCCC6)cc5)nn34)c2)c1. The van der Waals surface area contributed by atoms with Gasteiger partial charge in [-0.15, -0.1) is 5.10 Å². The molecule has 1 saturated heterocycles. The Bertz CT molecular complexity index is 1660. The van der Waals surface area contributed by atoms with Gasteiger partial charge in [0.25, 0.3) is 0 Å². The molecular weight excluding hydrogens is 530 g/mol. The van der Waals surface area contributed by atoms with Crippen molar-refractivity contribution in [2.45, 2.75) is 12.8 Å². The molecule has 5 aromatic rings. The minimum absolute atomic E-state index is 0.353. The highest BCUT2D eigenvalue weighted by atomic mass is 16.5. The van der Waals surface area contributed by atoms with Crippen LogP contribution in [-0.2, 0) is 0 Å². The zero-order chi connectivity index (χ0) is 28.7. The summed E-state index contributed by atoms with van der Waals surface area (Å²) < 4.78 is 12.9. The number of anilines is 4. The Balaban J connectivity index is 1.11. The van der Waals surface area contributed by atoms with Crippen LogP contribution in [0.15, 0.2) is 91.0 Å². The summed E-state index contributed by atoms with van der Waals surface area (Å²) in [6, 6.07) is 28.1. The van der Waals surface area contributed by atoms with E-state index in [2.05, 4.69) is 25.8 Å². The smallest absolute Gasteiger partial charge is 0.323 e. The number of nitrogens with zero attached hydrogens (tertiary/aromatic N) is 4. The fraction of sp³-hybridized carbons (Fsp3) is 0.219. The molecule has 3 N–H and O–H groups in total. The number of hydrogen-bond donors (Lipinski definition) is 3. The summed E-state index contributed by atoms with van der Waals surface area (Å²) in [5, 5.41) is 13.7. The third-order valence-electron chi connectivity index (χ3n) is 7.09. The van der Waals surface area contributed by atoms with Crippen molar-refractivity contribution in [3.05, 3.63) is 91.0 Å². The number of fused-ring (bicyclic) bond motifs is 1. The second-order valence-electron chi connectivity index (χ2n) is 10.1. The Hall–Kier alpha value is -5.09. The fourth-order valence-corrected chi connectivity index (χ4v) is 4.99. The molecule has 3 heterocycles. The highest BCUT2D eigenvalue weighted by Crippen LogP contribution is 2.25. The number of ether oxygens (including phenoxy) is 2. The van der Waals surface area contributed by atoms with E-state index in [4.69, 9.17) is 14.6 Å². The maximum absolute atomic E-state index is 12.6. The van der Waals surface area contributed by atoms with E-state index < -0.39 is 0 Å². The van der Waals surface area contributed by atoms with Crippen molar-refractivity contribution in [1.29, 1.82) is 0 Å². The Morgan fingerprint density at radius 2 is 1.57 bits per heavy atom. The van der Waals surface area contributed by atoms with Crippen molar-refractivity contribution in [3.63, 3.8) is 0 Å². The number of benzene rings is 3. The lowest BCUT2D eigenvalue weighted by Crippen LogP contribution is -2.25. The largest absolute Gasteiger partial charge is 0.497 e. The predicted molar refractivity (Wildman–Crippen MR) is 165 cm³/mol. The van der Waals surface area contributed by atoms with E-state index in [9.17, 15) is 4.79 Å². The maximum atomic E-state index is 12.6. The number of carbonyl (C=O) groups excluding carboxylic acids is 1. The van der Waals surface area contributed by atoms with Crippen LogP contribution in [0.2, 0.25) is 0 Å². The molecule has 6 rings (SSSR count). The van der Waals surface area contributed by atoms with E-state index in [0.29, 0.717) is 35.3 Å². The molecule has 42 heavy (non-hydrogen) atoms. The molecule has 0 unspecified atom stereocenters. The topological polar surface area (TPSA) is 105 Å². The van der Waals surface area contributed by atoms with Crippen molar-refractivity contribution in [3.8, 4) is 22.8 Å². The highest BCUT2D eigenvalue weighted by Gasteiger charge is 2.12. The Labute approximate surface area is 244 Å². The van der Waals surface area contributed by atoms with E-state index in [1.807, 2.05) is 78.9 Å². The lowest BCUT2D eigenvalue weighted by Gasteiger charge is -2.15. The second kappa shape index (κ2) is 12.6. The second-order valence-corrected chi connectivity index (χ2v) is 10.1. The number of carbonyl (C=O) groups is 1. The van der Waals surface area contributed by atoms with Gasteiger partial charge in [-0.1, -0.05) is 24.3 Å². The van der Waals surface area contributed by atoms with Gasteiger partial charge in [-0.2, -0.15) is 4.98 Å². The molecule has 0 aliphatic carbocycles. The zero-order valence-electron chi connectivity index (χ0n) is 23.4. The molecule has 0 bridgehead atoms. The molecule has 0 spiro atoms. The zero-order valence-corrected chi connectivity index (χ0v) is 23.4. The summed E-state index contributed by atoms with van der Waals surface area (Å²) in [5.41, 5.74) is 4.57. The average Bonchev–Trinajstić information content (AvgIpc) is 3.68. The van der Waals surface area contributed by atoms with E-state index in [1.165, 1.54) is 25.9 Å². The Kier molecular flexibility index (Phi) is 8.14. The number of hydrogen-bond acceptors (Lipinski definition) is 7. The normalized spacial score (nSPS) is 13.2. The number of nitrogens with one attached hydrogen (secondary N) is 3. The van der Waals surface area contributed by atoms with E-state index in [1.54, 1.807) is 23.8 Å². The van der Waals surface area contributed by atoms with E-state index in [-0.39, 0.29) is 6.03 Å². The van der Waals surface area contributed by atoms with Crippen LogP contribution in [0.3, 0.4) is 0 Å². The van der Waals surface area contributed by atoms with Gasteiger partial charge in [-0.3, -0.25) is 4.90 Å². The molecule has 1 aliphatic rings. The summed E-state index contributed by atoms with van der Waals surface area (Å²) >= 11 is 0. The van der Waals surface area contributed by atoms with Gasteiger partial charge in [-0.05, 0) is 86.6 Å². The quantitative estimate of drug-likeness (QED) is 0.184. The summed E-state index contributed by atoms with van der Waals surface area (Å²) in [4.78, 5) is 19.7. The van der Waals surface area contributed by atoms with Gasteiger partial charge in [0.1, 0.15) is 18.1 Å². The summed E-state index contributed by atoms with van der Waals surface area (Å²) in [6.07, 6.45) is 2.57. The van der Waals surface area contributed by atoms with Crippen LogP contribution >= 0.6 is 0 Å². The number of pyridine rings is 1.